The predicted molar refractivity (Wildman–Crippen MR) is 72.8 cm³/mol. The third-order valence-corrected chi connectivity index (χ3v) is 4.16. The Bertz CT molecular complexity index is 433. The zero-order valence-corrected chi connectivity index (χ0v) is 11.5. The van der Waals surface area contributed by atoms with Gasteiger partial charge in [-0.05, 0) is 52.9 Å². The van der Waals surface area contributed by atoms with Gasteiger partial charge in [-0.15, -0.1) is 0 Å². The molecule has 2 unspecified atom stereocenters. The second kappa shape index (κ2) is 5.08. The molecule has 92 valence electrons. The van der Waals surface area contributed by atoms with Crippen LogP contribution in [0, 0.1) is 5.92 Å². The Morgan fingerprint density at radius 2 is 2.24 bits per heavy atom. The summed E-state index contributed by atoms with van der Waals surface area (Å²) < 4.78 is 0.822. The normalized spacial score (nSPS) is 23.6. The maximum atomic E-state index is 12.0. The van der Waals surface area contributed by atoms with Crippen molar-refractivity contribution in [3.8, 4) is 0 Å². The maximum absolute atomic E-state index is 12.0. The molecule has 1 aromatic rings. The number of hydrogen-bond donors (Lipinski definition) is 2. The number of nitrogens with two attached hydrogens (primary N) is 1. The molecule has 1 saturated carbocycles. The summed E-state index contributed by atoms with van der Waals surface area (Å²) in [7, 11) is 0. The van der Waals surface area contributed by atoms with Gasteiger partial charge in [-0.25, -0.2) is 0 Å². The van der Waals surface area contributed by atoms with Crippen LogP contribution in [0.1, 0.15) is 36.5 Å². The largest absolute Gasteiger partial charge is 0.398 e. The highest BCUT2D eigenvalue weighted by Gasteiger charge is 2.25. The molecule has 0 aromatic heterocycles. The predicted octanol–water partition coefficient (Wildman–Crippen LogP) is 2.95. The van der Waals surface area contributed by atoms with Crippen LogP contribution in [0.15, 0.2) is 22.7 Å². The van der Waals surface area contributed by atoms with E-state index in [4.69, 9.17) is 5.73 Å². The number of hydrogen-bond acceptors (Lipinski definition) is 2. The fraction of sp³-hybridized carbons (Fsp3) is 0.462. The highest BCUT2D eigenvalue weighted by atomic mass is 79.9. The van der Waals surface area contributed by atoms with E-state index in [2.05, 4.69) is 28.2 Å². The second-order valence-electron chi connectivity index (χ2n) is 4.72. The lowest BCUT2D eigenvalue weighted by Gasteiger charge is -2.17. The highest BCUT2D eigenvalue weighted by molar-refractivity contribution is 9.10. The van der Waals surface area contributed by atoms with Crippen molar-refractivity contribution in [3.63, 3.8) is 0 Å². The van der Waals surface area contributed by atoms with Crippen LogP contribution < -0.4 is 11.1 Å². The highest BCUT2D eigenvalue weighted by Crippen LogP contribution is 2.25. The first kappa shape index (κ1) is 12.4. The Balaban J connectivity index is 2.06. The molecule has 2 atom stereocenters. The van der Waals surface area contributed by atoms with Gasteiger partial charge in [0.25, 0.3) is 5.91 Å². The molecule has 0 aliphatic heterocycles. The lowest BCUT2D eigenvalue weighted by molar-refractivity contribution is 0.0929. The number of carbonyl (C=O) groups excluding carboxylic acids is 1. The molecule has 1 aliphatic rings. The van der Waals surface area contributed by atoms with E-state index in [0.717, 1.165) is 10.9 Å². The number of benzene rings is 1. The van der Waals surface area contributed by atoms with E-state index in [1.165, 1.54) is 12.8 Å². The van der Waals surface area contributed by atoms with Crippen molar-refractivity contribution in [1.82, 2.24) is 5.32 Å². The minimum absolute atomic E-state index is 0.0250. The summed E-state index contributed by atoms with van der Waals surface area (Å²) in [5.41, 5.74) is 6.99. The first-order valence-electron chi connectivity index (χ1n) is 5.94. The van der Waals surface area contributed by atoms with Gasteiger partial charge in [0.05, 0.1) is 0 Å². The topological polar surface area (TPSA) is 55.1 Å². The summed E-state index contributed by atoms with van der Waals surface area (Å²) in [5, 5.41) is 3.08. The summed E-state index contributed by atoms with van der Waals surface area (Å²) in [6.07, 6.45) is 3.49. The molecule has 1 aromatic carbocycles. The zero-order chi connectivity index (χ0) is 12.4. The average Bonchev–Trinajstić information content (AvgIpc) is 2.68. The SMILES string of the molecule is CC1CCCC1NC(=O)c1ccc(Br)c(N)c1. The van der Waals surface area contributed by atoms with Crippen molar-refractivity contribution in [2.75, 3.05) is 5.73 Å². The average molecular weight is 297 g/mol. The molecule has 0 bridgehead atoms. The molecule has 0 heterocycles. The molecule has 0 spiro atoms. The number of nitrogens with one attached hydrogen (secondary N) is 1. The molecular weight excluding hydrogens is 280 g/mol. The van der Waals surface area contributed by atoms with Crippen molar-refractivity contribution < 1.29 is 4.79 Å². The van der Waals surface area contributed by atoms with Gasteiger partial charge in [-0.1, -0.05) is 13.3 Å². The molecule has 2 rings (SSSR count). The summed E-state index contributed by atoms with van der Waals surface area (Å²) >= 11 is 3.32. The third-order valence-electron chi connectivity index (χ3n) is 3.44. The third kappa shape index (κ3) is 2.80. The van der Waals surface area contributed by atoms with Gasteiger partial charge < -0.3 is 11.1 Å². The Hall–Kier alpha value is -1.03. The van der Waals surface area contributed by atoms with Crippen molar-refractivity contribution >= 4 is 27.5 Å². The van der Waals surface area contributed by atoms with Crippen molar-refractivity contribution in [1.29, 1.82) is 0 Å². The monoisotopic (exact) mass is 296 g/mol. The van der Waals surface area contributed by atoms with Gasteiger partial charge in [-0.2, -0.15) is 0 Å². The number of nitrogen functional groups attached to an aromatic ring is 1. The van der Waals surface area contributed by atoms with Crippen LogP contribution in [-0.2, 0) is 0 Å². The summed E-state index contributed by atoms with van der Waals surface area (Å²) in [5.74, 6) is 0.551. The maximum Gasteiger partial charge on any atom is 0.251 e. The van der Waals surface area contributed by atoms with Gasteiger partial charge in [0, 0.05) is 21.8 Å². The fourth-order valence-corrected chi connectivity index (χ4v) is 2.54. The van der Waals surface area contributed by atoms with Crippen LogP contribution in [0.4, 0.5) is 5.69 Å². The molecule has 0 radical (unpaired) electrons. The standard InChI is InChI=1S/C13H17BrN2O/c1-8-3-2-4-12(8)16-13(17)9-5-6-10(14)11(15)7-9/h5-8,12H,2-4,15H2,1H3,(H,16,17). The lowest BCUT2D eigenvalue weighted by atomic mass is 10.1. The Kier molecular flexibility index (Phi) is 3.72. The molecule has 0 saturated heterocycles. The Labute approximate surface area is 110 Å². The molecule has 17 heavy (non-hydrogen) atoms. The molecule has 3 N–H and O–H groups in total. The molecule has 1 amide bonds. The van der Waals surface area contributed by atoms with Gasteiger partial charge in [0.1, 0.15) is 0 Å². The molecular formula is C13H17BrN2O. The van der Waals surface area contributed by atoms with Gasteiger partial charge in [-0.3, -0.25) is 4.79 Å². The quantitative estimate of drug-likeness (QED) is 0.825. The fourth-order valence-electron chi connectivity index (χ4n) is 2.30. The van der Waals surface area contributed by atoms with Gasteiger partial charge >= 0.3 is 0 Å². The Morgan fingerprint density at radius 3 is 2.82 bits per heavy atom. The van der Waals surface area contributed by atoms with E-state index in [9.17, 15) is 4.79 Å². The van der Waals surface area contributed by atoms with Crippen LogP contribution >= 0.6 is 15.9 Å². The van der Waals surface area contributed by atoms with E-state index in [1.54, 1.807) is 12.1 Å². The number of rotatable bonds is 2. The molecule has 1 aliphatic carbocycles. The number of halogens is 1. The Morgan fingerprint density at radius 1 is 1.47 bits per heavy atom. The van der Waals surface area contributed by atoms with E-state index in [-0.39, 0.29) is 5.91 Å². The first-order chi connectivity index (χ1) is 8.08. The van der Waals surface area contributed by atoms with Crippen molar-refractivity contribution in [2.24, 2.45) is 5.92 Å². The molecule has 1 fully saturated rings. The smallest absolute Gasteiger partial charge is 0.251 e. The summed E-state index contributed by atoms with van der Waals surface area (Å²) in [6.45, 7) is 2.19. The van der Waals surface area contributed by atoms with E-state index in [1.807, 2.05) is 6.07 Å². The molecule has 4 heteroatoms. The number of carbonyl (C=O) groups is 1. The van der Waals surface area contributed by atoms with Crippen LogP contribution in [0.5, 0.6) is 0 Å². The van der Waals surface area contributed by atoms with Crippen LogP contribution in [0.3, 0.4) is 0 Å². The second-order valence-corrected chi connectivity index (χ2v) is 5.58. The lowest BCUT2D eigenvalue weighted by Crippen LogP contribution is -2.36. The number of anilines is 1. The first-order valence-corrected chi connectivity index (χ1v) is 6.73. The van der Waals surface area contributed by atoms with E-state index in [0.29, 0.717) is 23.2 Å². The zero-order valence-electron chi connectivity index (χ0n) is 9.87. The van der Waals surface area contributed by atoms with Gasteiger partial charge in [0.2, 0.25) is 0 Å². The minimum Gasteiger partial charge on any atom is -0.398 e. The number of amides is 1. The van der Waals surface area contributed by atoms with Crippen molar-refractivity contribution in [3.05, 3.63) is 28.2 Å². The van der Waals surface area contributed by atoms with Crippen LogP contribution in [0.25, 0.3) is 0 Å². The van der Waals surface area contributed by atoms with Crippen molar-refractivity contribution in [2.45, 2.75) is 32.2 Å². The van der Waals surface area contributed by atoms with Crippen LogP contribution in [0.2, 0.25) is 0 Å². The summed E-state index contributed by atoms with van der Waals surface area (Å²) in [6, 6.07) is 5.61. The van der Waals surface area contributed by atoms with Gasteiger partial charge in [0.15, 0.2) is 0 Å². The van der Waals surface area contributed by atoms with E-state index < -0.39 is 0 Å². The van der Waals surface area contributed by atoms with Crippen LogP contribution in [-0.4, -0.2) is 11.9 Å². The summed E-state index contributed by atoms with van der Waals surface area (Å²) in [4.78, 5) is 12.0. The van der Waals surface area contributed by atoms with E-state index >= 15 is 0 Å². The molecule has 3 nitrogen and oxygen atoms in total. The minimum atomic E-state index is -0.0250.